The molecular weight excluding hydrogens is 190 g/mol. The van der Waals surface area contributed by atoms with Gasteiger partial charge in [0.15, 0.2) is 5.78 Å². The van der Waals surface area contributed by atoms with Crippen LogP contribution in [0.5, 0.6) is 0 Å². The van der Waals surface area contributed by atoms with Gasteiger partial charge in [-0.3, -0.25) is 9.69 Å². The van der Waals surface area contributed by atoms with Crippen molar-refractivity contribution >= 4 is 5.78 Å². The van der Waals surface area contributed by atoms with E-state index in [2.05, 4.69) is 0 Å². The Morgan fingerprint density at radius 3 is 2.53 bits per heavy atom. The second-order valence-corrected chi connectivity index (χ2v) is 3.83. The van der Waals surface area contributed by atoms with Crippen LogP contribution in [0.4, 0.5) is 0 Å². The third kappa shape index (κ3) is 4.23. The zero-order valence-electron chi connectivity index (χ0n) is 9.18. The lowest BCUT2D eigenvalue weighted by Gasteiger charge is -2.17. The Labute approximate surface area is 90.3 Å². The summed E-state index contributed by atoms with van der Waals surface area (Å²) in [6.07, 6.45) is -0.404. The van der Waals surface area contributed by atoms with Crippen molar-refractivity contribution in [3.8, 4) is 0 Å². The van der Waals surface area contributed by atoms with Crippen molar-refractivity contribution < 1.29 is 9.90 Å². The minimum Gasteiger partial charge on any atom is -0.392 e. The number of likely N-dealkylation sites (N-methyl/N-ethyl adjacent to an activating group) is 1. The molecule has 82 valence electrons. The van der Waals surface area contributed by atoms with Crippen molar-refractivity contribution in [2.24, 2.45) is 0 Å². The van der Waals surface area contributed by atoms with E-state index in [0.717, 1.165) is 5.56 Å². The highest BCUT2D eigenvalue weighted by Crippen LogP contribution is 2.01. The summed E-state index contributed by atoms with van der Waals surface area (Å²) in [5, 5.41) is 9.15. The molecule has 1 atom stereocenters. The topological polar surface area (TPSA) is 40.5 Å². The maximum absolute atomic E-state index is 11.7. The monoisotopic (exact) mass is 207 g/mol. The van der Waals surface area contributed by atoms with Crippen LogP contribution in [0.1, 0.15) is 17.3 Å². The molecule has 0 radical (unpaired) electrons. The molecular formula is C12H17NO2. The standard InChI is InChI=1S/C12H17NO2/c1-10(14)8-13(2)9-12(15)11-6-4-3-5-7-11/h3-7,10,14H,8-9H2,1-2H3. The Hall–Kier alpha value is -1.19. The Bertz CT molecular complexity index is 309. The number of nitrogens with zero attached hydrogens (tertiary/aromatic N) is 1. The van der Waals surface area contributed by atoms with Crippen LogP contribution in [-0.4, -0.2) is 42.0 Å². The summed E-state index contributed by atoms with van der Waals surface area (Å²) in [6, 6.07) is 9.19. The van der Waals surface area contributed by atoms with E-state index in [-0.39, 0.29) is 5.78 Å². The first-order chi connectivity index (χ1) is 7.09. The fraction of sp³-hybridized carbons (Fsp3) is 0.417. The third-order valence-corrected chi connectivity index (χ3v) is 2.09. The van der Waals surface area contributed by atoms with Gasteiger partial charge in [-0.2, -0.15) is 0 Å². The molecule has 1 aromatic carbocycles. The number of ketones is 1. The average Bonchev–Trinajstić information content (AvgIpc) is 2.17. The highest BCUT2D eigenvalue weighted by molar-refractivity contribution is 5.97. The molecule has 15 heavy (non-hydrogen) atoms. The van der Waals surface area contributed by atoms with Crippen LogP contribution in [0.2, 0.25) is 0 Å². The second-order valence-electron chi connectivity index (χ2n) is 3.83. The summed E-state index contributed by atoms with van der Waals surface area (Å²) >= 11 is 0. The molecule has 0 heterocycles. The van der Waals surface area contributed by atoms with Crippen LogP contribution in [0.3, 0.4) is 0 Å². The van der Waals surface area contributed by atoms with E-state index in [1.807, 2.05) is 30.1 Å². The molecule has 0 bridgehead atoms. The summed E-state index contributed by atoms with van der Waals surface area (Å²) < 4.78 is 0. The smallest absolute Gasteiger partial charge is 0.176 e. The van der Waals surface area contributed by atoms with Gasteiger partial charge in [0.1, 0.15) is 0 Å². The summed E-state index contributed by atoms with van der Waals surface area (Å²) in [5.41, 5.74) is 0.718. The second kappa shape index (κ2) is 5.63. The first-order valence-electron chi connectivity index (χ1n) is 5.04. The first kappa shape index (κ1) is 11.9. The number of Topliss-reactive ketones (excluding diaryl/α,β-unsaturated/α-hetero) is 1. The fourth-order valence-electron chi connectivity index (χ4n) is 1.48. The van der Waals surface area contributed by atoms with Crippen molar-refractivity contribution in [1.29, 1.82) is 0 Å². The quantitative estimate of drug-likeness (QED) is 0.737. The van der Waals surface area contributed by atoms with Gasteiger partial charge < -0.3 is 5.11 Å². The molecule has 1 aromatic rings. The summed E-state index contributed by atoms with van der Waals surface area (Å²) in [4.78, 5) is 13.5. The minimum absolute atomic E-state index is 0.0822. The molecule has 3 heteroatoms. The first-order valence-corrected chi connectivity index (χ1v) is 5.04. The van der Waals surface area contributed by atoms with Crippen molar-refractivity contribution in [3.63, 3.8) is 0 Å². The fourth-order valence-corrected chi connectivity index (χ4v) is 1.48. The summed E-state index contributed by atoms with van der Waals surface area (Å²) in [7, 11) is 1.83. The van der Waals surface area contributed by atoms with Gasteiger partial charge in [0, 0.05) is 12.1 Å². The van der Waals surface area contributed by atoms with E-state index in [0.29, 0.717) is 13.1 Å². The van der Waals surface area contributed by atoms with Crippen LogP contribution in [0, 0.1) is 0 Å². The predicted molar refractivity (Wildman–Crippen MR) is 60.0 cm³/mol. The van der Waals surface area contributed by atoms with Crippen molar-refractivity contribution in [2.75, 3.05) is 20.1 Å². The van der Waals surface area contributed by atoms with Crippen LogP contribution >= 0.6 is 0 Å². The van der Waals surface area contributed by atoms with E-state index in [1.54, 1.807) is 19.1 Å². The van der Waals surface area contributed by atoms with Gasteiger partial charge in [0.25, 0.3) is 0 Å². The number of hydrogen-bond donors (Lipinski definition) is 1. The van der Waals surface area contributed by atoms with Gasteiger partial charge in [0.2, 0.25) is 0 Å². The van der Waals surface area contributed by atoms with Crippen molar-refractivity contribution in [2.45, 2.75) is 13.0 Å². The molecule has 1 rings (SSSR count). The van der Waals surface area contributed by atoms with E-state index >= 15 is 0 Å². The van der Waals surface area contributed by atoms with Gasteiger partial charge in [-0.05, 0) is 14.0 Å². The molecule has 1 unspecified atom stereocenters. The molecule has 0 aliphatic carbocycles. The maximum Gasteiger partial charge on any atom is 0.176 e. The molecule has 0 fully saturated rings. The Kier molecular flexibility index (Phi) is 4.46. The van der Waals surface area contributed by atoms with Crippen LogP contribution in [0.15, 0.2) is 30.3 Å². The maximum atomic E-state index is 11.7. The Morgan fingerprint density at radius 1 is 1.40 bits per heavy atom. The van der Waals surface area contributed by atoms with Gasteiger partial charge in [-0.15, -0.1) is 0 Å². The van der Waals surface area contributed by atoms with E-state index in [9.17, 15) is 4.79 Å². The lowest BCUT2D eigenvalue weighted by atomic mass is 10.1. The SMILES string of the molecule is CC(O)CN(C)CC(=O)c1ccccc1. The number of hydrogen-bond acceptors (Lipinski definition) is 3. The predicted octanol–water partition coefficient (Wildman–Crippen LogP) is 1.18. The normalized spacial score (nSPS) is 12.8. The largest absolute Gasteiger partial charge is 0.392 e. The van der Waals surface area contributed by atoms with Gasteiger partial charge >= 0.3 is 0 Å². The van der Waals surface area contributed by atoms with E-state index in [4.69, 9.17) is 5.11 Å². The molecule has 0 amide bonds. The molecule has 0 aliphatic heterocycles. The molecule has 3 nitrogen and oxygen atoms in total. The zero-order valence-corrected chi connectivity index (χ0v) is 9.18. The third-order valence-electron chi connectivity index (χ3n) is 2.09. The number of carbonyl (C=O) groups excluding carboxylic acids is 1. The molecule has 0 spiro atoms. The Balaban J connectivity index is 2.49. The molecule has 0 aromatic heterocycles. The van der Waals surface area contributed by atoms with Crippen LogP contribution < -0.4 is 0 Å². The van der Waals surface area contributed by atoms with Crippen LogP contribution in [0.25, 0.3) is 0 Å². The minimum atomic E-state index is -0.404. The van der Waals surface area contributed by atoms with Crippen LogP contribution in [-0.2, 0) is 0 Å². The number of aliphatic hydroxyl groups excluding tert-OH is 1. The molecule has 0 aliphatic rings. The van der Waals surface area contributed by atoms with Crippen molar-refractivity contribution in [1.82, 2.24) is 4.90 Å². The zero-order chi connectivity index (χ0) is 11.3. The molecule has 1 N–H and O–H groups in total. The van der Waals surface area contributed by atoms with Gasteiger partial charge in [-0.1, -0.05) is 30.3 Å². The van der Waals surface area contributed by atoms with Gasteiger partial charge in [-0.25, -0.2) is 0 Å². The number of carbonyl (C=O) groups is 1. The lowest BCUT2D eigenvalue weighted by Crippen LogP contribution is -2.32. The average molecular weight is 207 g/mol. The number of aliphatic hydroxyl groups is 1. The van der Waals surface area contributed by atoms with E-state index < -0.39 is 6.10 Å². The van der Waals surface area contributed by atoms with E-state index in [1.165, 1.54) is 0 Å². The lowest BCUT2D eigenvalue weighted by molar-refractivity contribution is 0.0901. The summed E-state index contributed by atoms with van der Waals surface area (Å²) in [6.45, 7) is 2.57. The summed E-state index contributed by atoms with van der Waals surface area (Å²) in [5.74, 6) is 0.0822. The Morgan fingerprint density at radius 2 is 2.00 bits per heavy atom. The number of rotatable bonds is 5. The highest BCUT2D eigenvalue weighted by atomic mass is 16.3. The van der Waals surface area contributed by atoms with Gasteiger partial charge in [0.05, 0.1) is 12.6 Å². The number of benzene rings is 1. The van der Waals surface area contributed by atoms with Crippen molar-refractivity contribution in [3.05, 3.63) is 35.9 Å². The molecule has 0 saturated heterocycles. The molecule has 0 saturated carbocycles. The highest BCUT2D eigenvalue weighted by Gasteiger charge is 2.09.